The number of methoxy groups -OCH3 is 1. The molecule has 0 aliphatic rings. The Bertz CT molecular complexity index is 689. The van der Waals surface area contributed by atoms with E-state index in [9.17, 15) is 14.0 Å². The summed E-state index contributed by atoms with van der Waals surface area (Å²) in [6.07, 6.45) is 1.39. The van der Waals surface area contributed by atoms with Crippen molar-refractivity contribution in [3.05, 3.63) is 58.1 Å². The first-order chi connectivity index (χ1) is 10.0. The highest BCUT2D eigenvalue weighted by Crippen LogP contribution is 2.17. The lowest BCUT2D eigenvalue weighted by Crippen LogP contribution is -2.13. The topological polar surface area (TPSA) is 68.3 Å². The van der Waals surface area contributed by atoms with Gasteiger partial charge in [0.05, 0.1) is 18.2 Å². The van der Waals surface area contributed by atoms with Gasteiger partial charge >= 0.3 is 5.97 Å². The lowest BCUT2D eigenvalue weighted by atomic mass is 10.2. The lowest BCUT2D eigenvalue weighted by Gasteiger charge is -2.07. The van der Waals surface area contributed by atoms with Crippen LogP contribution in [0.2, 0.25) is 0 Å². The number of esters is 1. The summed E-state index contributed by atoms with van der Waals surface area (Å²) in [5.41, 5.74) is 0.371. The van der Waals surface area contributed by atoms with Gasteiger partial charge in [0.1, 0.15) is 10.4 Å². The van der Waals surface area contributed by atoms with Crippen LogP contribution in [0.1, 0.15) is 20.7 Å². The lowest BCUT2D eigenvalue weighted by molar-refractivity contribution is 0.0595. The Morgan fingerprint density at radius 1 is 1.29 bits per heavy atom. The van der Waals surface area contributed by atoms with Crippen LogP contribution in [0.5, 0.6) is 0 Å². The maximum atomic E-state index is 13.5. The molecule has 0 saturated heterocycles. The molecule has 2 aromatic rings. The van der Waals surface area contributed by atoms with Gasteiger partial charge in [-0.3, -0.25) is 4.79 Å². The van der Waals surface area contributed by atoms with Crippen LogP contribution in [-0.2, 0) is 4.74 Å². The third-order valence-electron chi connectivity index (χ3n) is 2.62. The van der Waals surface area contributed by atoms with E-state index in [1.54, 1.807) is 12.1 Å². The van der Waals surface area contributed by atoms with Crippen molar-refractivity contribution in [3.8, 4) is 0 Å². The fraction of sp³-hybridized carbons (Fsp3) is 0.0714. The number of nitrogens with one attached hydrogen (secondary N) is 1. The summed E-state index contributed by atoms with van der Waals surface area (Å²) in [6.45, 7) is 0. The molecule has 1 amide bonds. The molecule has 0 saturated carbocycles. The molecular weight excluding hydrogens is 343 g/mol. The second-order valence-electron chi connectivity index (χ2n) is 4.01. The van der Waals surface area contributed by atoms with E-state index in [1.165, 1.54) is 18.3 Å². The number of pyridine rings is 1. The van der Waals surface area contributed by atoms with Crippen LogP contribution in [-0.4, -0.2) is 24.0 Å². The number of nitrogens with zero attached hydrogens (tertiary/aromatic N) is 1. The monoisotopic (exact) mass is 352 g/mol. The van der Waals surface area contributed by atoms with Crippen LogP contribution in [0, 0.1) is 5.82 Å². The molecule has 1 aromatic carbocycles. The van der Waals surface area contributed by atoms with E-state index in [1.807, 2.05) is 0 Å². The summed E-state index contributed by atoms with van der Waals surface area (Å²) < 4.78 is 18.6. The molecular formula is C14H10BrFN2O3. The van der Waals surface area contributed by atoms with E-state index >= 15 is 0 Å². The van der Waals surface area contributed by atoms with E-state index in [-0.39, 0.29) is 11.3 Å². The number of ether oxygens (including phenoxy) is 1. The molecule has 0 aliphatic carbocycles. The zero-order valence-electron chi connectivity index (χ0n) is 10.9. The number of hydrogen-bond acceptors (Lipinski definition) is 4. The minimum absolute atomic E-state index is 0.246. The quantitative estimate of drug-likeness (QED) is 0.680. The molecule has 5 nitrogen and oxygen atoms in total. The van der Waals surface area contributed by atoms with Gasteiger partial charge in [-0.1, -0.05) is 0 Å². The fourth-order valence-corrected chi connectivity index (χ4v) is 1.82. The zero-order valence-corrected chi connectivity index (χ0v) is 12.5. The second-order valence-corrected chi connectivity index (χ2v) is 4.82. The van der Waals surface area contributed by atoms with E-state index in [2.05, 4.69) is 31.0 Å². The molecule has 0 fully saturated rings. The first-order valence-electron chi connectivity index (χ1n) is 5.82. The zero-order chi connectivity index (χ0) is 15.4. The van der Waals surface area contributed by atoms with Gasteiger partial charge in [-0.2, -0.15) is 0 Å². The van der Waals surface area contributed by atoms with E-state index in [0.717, 1.165) is 13.2 Å². The van der Waals surface area contributed by atoms with Gasteiger partial charge in [-0.05, 0) is 46.3 Å². The summed E-state index contributed by atoms with van der Waals surface area (Å²) >= 11 is 3.17. The highest BCUT2D eigenvalue weighted by atomic mass is 79.9. The van der Waals surface area contributed by atoms with Crippen LogP contribution < -0.4 is 5.32 Å². The Hall–Kier alpha value is -2.28. The number of carbonyl (C=O) groups excluding carboxylic acids is 2. The van der Waals surface area contributed by atoms with Crippen molar-refractivity contribution in [1.29, 1.82) is 0 Å². The fourth-order valence-electron chi connectivity index (χ4n) is 1.58. The molecule has 21 heavy (non-hydrogen) atoms. The number of benzene rings is 1. The van der Waals surface area contributed by atoms with E-state index < -0.39 is 17.7 Å². The smallest absolute Gasteiger partial charge is 0.340 e. The first kappa shape index (κ1) is 15.1. The maximum absolute atomic E-state index is 13.5. The predicted molar refractivity (Wildman–Crippen MR) is 77.6 cm³/mol. The second kappa shape index (κ2) is 6.45. The summed E-state index contributed by atoms with van der Waals surface area (Å²) in [4.78, 5) is 27.3. The van der Waals surface area contributed by atoms with Crippen molar-refractivity contribution in [1.82, 2.24) is 4.98 Å². The van der Waals surface area contributed by atoms with Crippen molar-refractivity contribution in [3.63, 3.8) is 0 Å². The van der Waals surface area contributed by atoms with Gasteiger partial charge in [0.15, 0.2) is 0 Å². The van der Waals surface area contributed by atoms with Gasteiger partial charge < -0.3 is 10.1 Å². The molecule has 1 heterocycles. The molecule has 1 N–H and O–H groups in total. The van der Waals surface area contributed by atoms with Crippen LogP contribution in [0.4, 0.5) is 10.1 Å². The normalized spacial score (nSPS) is 10.0. The molecule has 0 unspecified atom stereocenters. The number of hydrogen-bond donors (Lipinski definition) is 1. The summed E-state index contributed by atoms with van der Waals surface area (Å²) in [5, 5.41) is 2.56. The molecule has 0 atom stereocenters. The molecule has 108 valence electrons. The van der Waals surface area contributed by atoms with Crippen LogP contribution >= 0.6 is 15.9 Å². The van der Waals surface area contributed by atoms with Crippen molar-refractivity contribution >= 4 is 33.5 Å². The minimum atomic E-state index is -0.811. The summed E-state index contributed by atoms with van der Waals surface area (Å²) in [7, 11) is 1.15. The van der Waals surface area contributed by atoms with Crippen molar-refractivity contribution in [2.45, 2.75) is 0 Å². The molecule has 0 aliphatic heterocycles. The Morgan fingerprint density at radius 3 is 2.67 bits per heavy atom. The SMILES string of the molecule is COC(=O)c1cc(NC(=O)c2ccc(Br)nc2)ccc1F. The number of halogens is 2. The van der Waals surface area contributed by atoms with Gasteiger partial charge in [-0.15, -0.1) is 0 Å². The number of carbonyl (C=O) groups is 2. The van der Waals surface area contributed by atoms with Crippen molar-refractivity contribution in [2.24, 2.45) is 0 Å². The van der Waals surface area contributed by atoms with Gasteiger partial charge in [0, 0.05) is 11.9 Å². The maximum Gasteiger partial charge on any atom is 0.340 e. The third kappa shape index (κ3) is 3.63. The Labute approximate surface area is 128 Å². The molecule has 1 aromatic heterocycles. The van der Waals surface area contributed by atoms with Crippen LogP contribution in [0.3, 0.4) is 0 Å². The standard InChI is InChI=1S/C14H10BrFN2O3/c1-21-14(20)10-6-9(3-4-11(10)16)18-13(19)8-2-5-12(15)17-7-8/h2-7H,1H3,(H,18,19). The predicted octanol–water partition coefficient (Wildman–Crippen LogP) is 3.02. The Kier molecular flexibility index (Phi) is 4.64. The largest absolute Gasteiger partial charge is 0.465 e. The average molecular weight is 353 g/mol. The number of rotatable bonds is 3. The number of amides is 1. The average Bonchev–Trinajstić information content (AvgIpc) is 2.49. The molecule has 7 heteroatoms. The third-order valence-corrected chi connectivity index (χ3v) is 3.09. The number of anilines is 1. The van der Waals surface area contributed by atoms with Crippen LogP contribution in [0.15, 0.2) is 41.1 Å². The highest BCUT2D eigenvalue weighted by Gasteiger charge is 2.14. The molecule has 0 bridgehead atoms. The van der Waals surface area contributed by atoms with Gasteiger partial charge in [-0.25, -0.2) is 14.2 Å². The van der Waals surface area contributed by atoms with E-state index in [4.69, 9.17) is 0 Å². The van der Waals surface area contributed by atoms with Crippen LogP contribution in [0.25, 0.3) is 0 Å². The van der Waals surface area contributed by atoms with Crippen molar-refractivity contribution < 1.29 is 18.7 Å². The summed E-state index contributed by atoms with van der Waals surface area (Å²) in [5.74, 6) is -1.95. The number of aromatic nitrogens is 1. The molecule has 2 rings (SSSR count). The first-order valence-corrected chi connectivity index (χ1v) is 6.61. The van der Waals surface area contributed by atoms with E-state index in [0.29, 0.717) is 10.2 Å². The van der Waals surface area contributed by atoms with Gasteiger partial charge in [0.25, 0.3) is 5.91 Å². The molecule has 0 radical (unpaired) electrons. The van der Waals surface area contributed by atoms with Crippen molar-refractivity contribution in [2.75, 3.05) is 12.4 Å². The Morgan fingerprint density at radius 2 is 2.05 bits per heavy atom. The van der Waals surface area contributed by atoms with Gasteiger partial charge in [0.2, 0.25) is 0 Å². The summed E-state index contributed by atoms with van der Waals surface area (Å²) in [6, 6.07) is 6.86. The highest BCUT2D eigenvalue weighted by molar-refractivity contribution is 9.10. The Balaban J connectivity index is 2.21. The molecule has 0 spiro atoms. The minimum Gasteiger partial charge on any atom is -0.465 e.